The van der Waals surface area contributed by atoms with Crippen LogP contribution in [0.3, 0.4) is 0 Å². The first-order chi connectivity index (χ1) is 7.66. The Morgan fingerprint density at radius 2 is 2.19 bits per heavy atom. The van der Waals surface area contributed by atoms with Crippen molar-refractivity contribution >= 4 is 6.21 Å². The fourth-order valence-electron chi connectivity index (χ4n) is 2.00. The monoisotopic (exact) mass is 219 g/mol. The summed E-state index contributed by atoms with van der Waals surface area (Å²) in [5.74, 6) is 0. The first-order valence-corrected chi connectivity index (χ1v) is 6.00. The molecule has 2 rings (SSSR count). The second kappa shape index (κ2) is 4.64. The lowest BCUT2D eigenvalue weighted by molar-refractivity contribution is -0.715. The summed E-state index contributed by atoms with van der Waals surface area (Å²) in [6.45, 7) is 7.70. The van der Waals surface area contributed by atoms with Crippen LogP contribution in [0.1, 0.15) is 32.5 Å². The van der Waals surface area contributed by atoms with Crippen molar-refractivity contribution in [2.24, 2.45) is 0 Å². The molecule has 0 saturated heterocycles. The van der Waals surface area contributed by atoms with Crippen LogP contribution in [0.5, 0.6) is 0 Å². The van der Waals surface area contributed by atoms with E-state index >= 15 is 0 Å². The van der Waals surface area contributed by atoms with E-state index < -0.39 is 0 Å². The van der Waals surface area contributed by atoms with Gasteiger partial charge in [0.25, 0.3) is 0 Å². The minimum absolute atomic E-state index is 0.528. The fourth-order valence-corrected chi connectivity index (χ4v) is 2.00. The van der Waals surface area contributed by atoms with E-state index in [0.29, 0.717) is 12.1 Å². The third kappa shape index (κ3) is 2.40. The van der Waals surface area contributed by atoms with Crippen LogP contribution in [-0.2, 0) is 6.42 Å². The molecule has 0 amide bonds. The number of nitrogens with one attached hydrogen (secondary N) is 1. The van der Waals surface area contributed by atoms with Gasteiger partial charge in [0.2, 0.25) is 6.33 Å². The van der Waals surface area contributed by atoms with Gasteiger partial charge in [0.05, 0.1) is 12.5 Å². The second-order valence-electron chi connectivity index (χ2n) is 4.80. The van der Waals surface area contributed by atoms with Gasteiger partial charge < -0.3 is 0 Å². The molecule has 3 nitrogen and oxygen atoms in total. The molecule has 1 unspecified atom stereocenters. The van der Waals surface area contributed by atoms with E-state index in [-0.39, 0.29) is 0 Å². The minimum atomic E-state index is 0.528. The van der Waals surface area contributed by atoms with Gasteiger partial charge in [-0.25, -0.2) is 14.1 Å². The highest BCUT2D eigenvalue weighted by Crippen LogP contribution is 2.04. The Morgan fingerprint density at radius 3 is 2.75 bits per heavy atom. The molecule has 16 heavy (non-hydrogen) atoms. The van der Waals surface area contributed by atoms with E-state index in [9.17, 15) is 0 Å². The molecule has 3 heteroatoms. The lowest BCUT2D eigenvalue weighted by Gasteiger charge is -2.05. The molecular formula is C13H21N3+2. The number of rotatable bonds is 4. The van der Waals surface area contributed by atoms with Crippen LogP contribution in [0.25, 0.3) is 0 Å². The normalized spacial score (nSPS) is 16.9. The molecule has 0 radical (unpaired) electrons. The van der Waals surface area contributed by atoms with Gasteiger partial charge in [-0.05, 0) is 26.8 Å². The summed E-state index contributed by atoms with van der Waals surface area (Å²) in [4.78, 5) is 3.34. The Labute approximate surface area is 97.1 Å². The number of aromatic amines is 1. The highest BCUT2D eigenvalue weighted by Gasteiger charge is 2.19. The number of allylic oxidation sites excluding steroid dienone is 1. The summed E-state index contributed by atoms with van der Waals surface area (Å²) in [7, 11) is 0. The smallest absolute Gasteiger partial charge is 0.241 e. The van der Waals surface area contributed by atoms with Gasteiger partial charge in [-0.1, -0.05) is 0 Å². The summed E-state index contributed by atoms with van der Waals surface area (Å²) in [5.41, 5.74) is 1.31. The molecule has 0 saturated carbocycles. The van der Waals surface area contributed by atoms with E-state index in [1.54, 1.807) is 0 Å². The van der Waals surface area contributed by atoms with Gasteiger partial charge in [-0.3, -0.25) is 0 Å². The highest BCUT2D eigenvalue weighted by molar-refractivity contribution is 5.67. The average Bonchev–Trinajstić information content (AvgIpc) is 2.87. The van der Waals surface area contributed by atoms with Crippen molar-refractivity contribution in [1.29, 1.82) is 0 Å². The van der Waals surface area contributed by atoms with Gasteiger partial charge in [-0.2, -0.15) is 0 Å². The lowest BCUT2D eigenvalue weighted by atomic mass is 10.2. The SMILES string of the molecule is CC(Cc1c[n+](C(C)C)c[nH]1)[N+]1=CC=CC1. The average molecular weight is 219 g/mol. The molecule has 86 valence electrons. The Bertz CT molecular complexity index is 413. The number of hydrogen-bond acceptors (Lipinski definition) is 0. The predicted octanol–water partition coefficient (Wildman–Crippen LogP) is 1.47. The molecule has 1 atom stereocenters. The molecule has 1 N–H and O–H groups in total. The topological polar surface area (TPSA) is 22.7 Å². The van der Waals surface area contributed by atoms with Crippen LogP contribution in [0.15, 0.2) is 24.7 Å². The number of aromatic nitrogens is 2. The van der Waals surface area contributed by atoms with Crippen LogP contribution in [0.4, 0.5) is 0 Å². The summed E-state index contributed by atoms with van der Waals surface area (Å²) in [5, 5.41) is 0. The van der Waals surface area contributed by atoms with Gasteiger partial charge in [-0.15, -0.1) is 0 Å². The van der Waals surface area contributed by atoms with E-state index in [4.69, 9.17) is 0 Å². The van der Waals surface area contributed by atoms with Crippen molar-refractivity contribution in [3.8, 4) is 0 Å². The van der Waals surface area contributed by atoms with E-state index in [1.165, 1.54) is 5.69 Å². The molecule has 0 spiro atoms. The van der Waals surface area contributed by atoms with Crippen molar-refractivity contribution in [1.82, 2.24) is 4.98 Å². The third-order valence-corrected chi connectivity index (χ3v) is 3.11. The van der Waals surface area contributed by atoms with Crippen LogP contribution < -0.4 is 4.57 Å². The van der Waals surface area contributed by atoms with Crippen LogP contribution in [0.2, 0.25) is 0 Å². The van der Waals surface area contributed by atoms with Crippen molar-refractivity contribution in [3.05, 3.63) is 30.4 Å². The standard InChI is InChI=1S/C13H20N3/c1-11(2)16-9-13(14-10-16)8-12(3)15-6-4-5-7-15/h4-6,9-12H,7-8H2,1-3H3/q+1/p+1. The molecule has 1 aliphatic heterocycles. The molecule has 0 aromatic carbocycles. The van der Waals surface area contributed by atoms with Gasteiger partial charge in [0.1, 0.15) is 11.9 Å². The second-order valence-corrected chi connectivity index (χ2v) is 4.80. The first kappa shape index (κ1) is 11.1. The first-order valence-electron chi connectivity index (χ1n) is 6.00. The Kier molecular flexibility index (Phi) is 3.22. The molecule has 0 fully saturated rings. The zero-order chi connectivity index (χ0) is 11.5. The molecule has 0 aliphatic carbocycles. The van der Waals surface area contributed by atoms with Crippen LogP contribution in [-0.4, -0.2) is 28.4 Å². The zero-order valence-corrected chi connectivity index (χ0v) is 10.4. The van der Waals surface area contributed by atoms with E-state index in [2.05, 4.69) is 65.8 Å². The molecule has 2 heterocycles. The maximum absolute atomic E-state index is 3.34. The minimum Gasteiger partial charge on any atom is -0.247 e. The van der Waals surface area contributed by atoms with Crippen LogP contribution >= 0.6 is 0 Å². The number of imidazole rings is 1. The van der Waals surface area contributed by atoms with Crippen LogP contribution in [0, 0.1) is 0 Å². The van der Waals surface area contributed by atoms with Crippen molar-refractivity contribution in [3.63, 3.8) is 0 Å². The van der Waals surface area contributed by atoms with Gasteiger partial charge in [0, 0.05) is 6.08 Å². The molecular weight excluding hydrogens is 198 g/mol. The molecule has 1 aliphatic rings. The van der Waals surface area contributed by atoms with Crippen molar-refractivity contribution in [2.45, 2.75) is 39.3 Å². The lowest BCUT2D eigenvalue weighted by Crippen LogP contribution is -2.33. The summed E-state index contributed by atoms with van der Waals surface area (Å²) in [6.07, 6.45) is 11.8. The largest absolute Gasteiger partial charge is 0.247 e. The maximum atomic E-state index is 3.34. The Morgan fingerprint density at radius 1 is 1.38 bits per heavy atom. The summed E-state index contributed by atoms with van der Waals surface area (Å²) < 4.78 is 4.58. The van der Waals surface area contributed by atoms with Crippen molar-refractivity contribution < 1.29 is 9.14 Å². The summed E-state index contributed by atoms with van der Waals surface area (Å²) in [6, 6.07) is 1.08. The van der Waals surface area contributed by atoms with Gasteiger partial charge >= 0.3 is 0 Å². The fraction of sp³-hybridized carbons (Fsp3) is 0.538. The predicted molar refractivity (Wildman–Crippen MR) is 64.9 cm³/mol. The molecule has 0 bridgehead atoms. The number of hydrogen-bond donors (Lipinski definition) is 1. The third-order valence-electron chi connectivity index (χ3n) is 3.11. The van der Waals surface area contributed by atoms with E-state index in [1.807, 2.05) is 0 Å². The van der Waals surface area contributed by atoms with Gasteiger partial charge in [0.15, 0.2) is 18.8 Å². The number of nitrogens with zero attached hydrogens (tertiary/aromatic N) is 2. The Balaban J connectivity index is 1.98. The van der Waals surface area contributed by atoms with E-state index in [0.717, 1.165) is 13.0 Å². The molecule has 1 aromatic heterocycles. The summed E-state index contributed by atoms with van der Waals surface area (Å²) >= 11 is 0. The quantitative estimate of drug-likeness (QED) is 0.741. The highest BCUT2D eigenvalue weighted by atomic mass is 15.1. The van der Waals surface area contributed by atoms with Crippen molar-refractivity contribution in [2.75, 3.05) is 6.54 Å². The molecule has 1 aromatic rings. The zero-order valence-electron chi connectivity index (χ0n) is 10.4. The Hall–Kier alpha value is -1.38. The maximum Gasteiger partial charge on any atom is 0.241 e. The number of H-pyrrole nitrogens is 1.